The summed E-state index contributed by atoms with van der Waals surface area (Å²) in [6.45, 7) is 6.66. The highest BCUT2D eigenvalue weighted by Crippen LogP contribution is 2.22. The Hall–Kier alpha value is -0.620. The SMILES string of the molecule is Cc1nn(C)c(Cl)c1CN1CCN(C)CC1CN. The van der Waals surface area contributed by atoms with Gasteiger partial charge in [-0.15, -0.1) is 0 Å². The summed E-state index contributed by atoms with van der Waals surface area (Å²) in [5.41, 5.74) is 8.01. The first kappa shape index (κ1) is 13.8. The first-order valence-electron chi connectivity index (χ1n) is 6.33. The van der Waals surface area contributed by atoms with E-state index in [9.17, 15) is 0 Å². The van der Waals surface area contributed by atoms with Gasteiger partial charge >= 0.3 is 0 Å². The fraction of sp³-hybridized carbons (Fsp3) is 0.750. The maximum absolute atomic E-state index is 6.28. The largest absolute Gasteiger partial charge is 0.329 e. The second-order valence-corrected chi connectivity index (χ2v) is 5.46. The minimum Gasteiger partial charge on any atom is -0.329 e. The van der Waals surface area contributed by atoms with Crippen molar-refractivity contribution in [2.24, 2.45) is 12.8 Å². The molecule has 1 atom stereocenters. The van der Waals surface area contributed by atoms with Crippen molar-refractivity contribution in [1.82, 2.24) is 19.6 Å². The highest BCUT2D eigenvalue weighted by Gasteiger charge is 2.26. The van der Waals surface area contributed by atoms with E-state index >= 15 is 0 Å². The molecular formula is C12H22ClN5. The molecule has 0 saturated carbocycles. The molecule has 6 heteroatoms. The van der Waals surface area contributed by atoms with E-state index in [0.717, 1.165) is 42.6 Å². The van der Waals surface area contributed by atoms with Crippen molar-refractivity contribution in [2.75, 3.05) is 33.2 Å². The maximum atomic E-state index is 6.28. The third kappa shape index (κ3) is 2.69. The summed E-state index contributed by atoms with van der Waals surface area (Å²) in [4.78, 5) is 4.74. The smallest absolute Gasteiger partial charge is 0.131 e. The quantitative estimate of drug-likeness (QED) is 0.868. The molecule has 0 amide bonds. The van der Waals surface area contributed by atoms with E-state index in [0.29, 0.717) is 12.6 Å². The van der Waals surface area contributed by atoms with Gasteiger partial charge in [-0.05, 0) is 14.0 Å². The molecule has 1 aromatic rings. The number of aryl methyl sites for hydroxylation is 2. The Balaban J connectivity index is 2.12. The van der Waals surface area contributed by atoms with Gasteiger partial charge in [-0.1, -0.05) is 11.6 Å². The van der Waals surface area contributed by atoms with E-state index in [-0.39, 0.29) is 0 Å². The van der Waals surface area contributed by atoms with Gasteiger partial charge in [0.25, 0.3) is 0 Å². The van der Waals surface area contributed by atoms with Gasteiger partial charge in [-0.25, -0.2) is 0 Å². The summed E-state index contributed by atoms with van der Waals surface area (Å²) in [6.07, 6.45) is 0. The molecule has 5 nitrogen and oxygen atoms in total. The van der Waals surface area contributed by atoms with Crippen LogP contribution in [0.15, 0.2) is 0 Å². The zero-order chi connectivity index (χ0) is 13.3. The van der Waals surface area contributed by atoms with Crippen LogP contribution in [0.25, 0.3) is 0 Å². The van der Waals surface area contributed by atoms with Crippen LogP contribution in [0.2, 0.25) is 5.15 Å². The van der Waals surface area contributed by atoms with Crippen LogP contribution in [0.1, 0.15) is 11.3 Å². The maximum Gasteiger partial charge on any atom is 0.131 e. The Bertz CT molecular complexity index is 417. The third-order valence-corrected chi connectivity index (χ3v) is 4.18. The van der Waals surface area contributed by atoms with Crippen LogP contribution in [0.5, 0.6) is 0 Å². The van der Waals surface area contributed by atoms with Crippen molar-refractivity contribution in [1.29, 1.82) is 0 Å². The minimum atomic E-state index is 0.402. The molecule has 1 aromatic heterocycles. The van der Waals surface area contributed by atoms with Crippen molar-refractivity contribution in [2.45, 2.75) is 19.5 Å². The Morgan fingerprint density at radius 3 is 2.67 bits per heavy atom. The molecule has 2 rings (SSSR count). The molecule has 0 aliphatic carbocycles. The molecule has 2 heterocycles. The van der Waals surface area contributed by atoms with Gasteiger partial charge in [0.15, 0.2) is 0 Å². The number of nitrogens with two attached hydrogens (primary N) is 1. The monoisotopic (exact) mass is 271 g/mol. The Labute approximate surface area is 113 Å². The minimum absolute atomic E-state index is 0.402. The van der Waals surface area contributed by atoms with Gasteiger partial charge in [-0.2, -0.15) is 5.10 Å². The predicted molar refractivity (Wildman–Crippen MR) is 73.7 cm³/mol. The molecule has 0 bridgehead atoms. The molecule has 0 spiro atoms. The van der Waals surface area contributed by atoms with Gasteiger partial charge in [-0.3, -0.25) is 9.58 Å². The van der Waals surface area contributed by atoms with E-state index < -0.39 is 0 Å². The third-order valence-electron chi connectivity index (χ3n) is 3.71. The summed E-state index contributed by atoms with van der Waals surface area (Å²) in [7, 11) is 4.02. The first-order chi connectivity index (χ1) is 8.52. The Kier molecular flexibility index (Phi) is 4.27. The summed E-state index contributed by atoms with van der Waals surface area (Å²) >= 11 is 6.28. The first-order valence-corrected chi connectivity index (χ1v) is 6.71. The van der Waals surface area contributed by atoms with Crippen LogP contribution in [0.3, 0.4) is 0 Å². The van der Waals surface area contributed by atoms with E-state index in [1.165, 1.54) is 0 Å². The molecule has 1 unspecified atom stereocenters. The van der Waals surface area contributed by atoms with Crippen molar-refractivity contribution in [3.8, 4) is 0 Å². The number of piperazine rings is 1. The van der Waals surface area contributed by atoms with Crippen LogP contribution >= 0.6 is 11.6 Å². The lowest BCUT2D eigenvalue weighted by Gasteiger charge is -2.39. The molecule has 1 aliphatic heterocycles. The van der Waals surface area contributed by atoms with Crippen molar-refractivity contribution in [3.05, 3.63) is 16.4 Å². The number of likely N-dealkylation sites (N-methyl/N-ethyl adjacent to an activating group) is 1. The Morgan fingerprint density at radius 2 is 2.11 bits per heavy atom. The van der Waals surface area contributed by atoms with Crippen LogP contribution in [-0.4, -0.2) is 58.8 Å². The van der Waals surface area contributed by atoms with Gasteiger partial charge in [0.05, 0.1) is 5.69 Å². The molecular weight excluding hydrogens is 250 g/mol. The van der Waals surface area contributed by atoms with Gasteiger partial charge in [0, 0.05) is 51.4 Å². The van der Waals surface area contributed by atoms with E-state index in [1.807, 2.05) is 14.0 Å². The normalized spacial score (nSPS) is 22.6. The number of rotatable bonds is 3. The van der Waals surface area contributed by atoms with Crippen molar-refractivity contribution < 1.29 is 0 Å². The molecule has 18 heavy (non-hydrogen) atoms. The molecule has 0 radical (unpaired) electrons. The lowest BCUT2D eigenvalue weighted by atomic mass is 10.1. The molecule has 1 aliphatic rings. The van der Waals surface area contributed by atoms with Crippen LogP contribution in [-0.2, 0) is 13.6 Å². The second kappa shape index (κ2) is 5.57. The predicted octanol–water partition coefficient (Wildman–Crippen LogP) is 0.457. The standard InChI is InChI=1S/C12H22ClN5/c1-9-11(12(13)17(3)15-9)8-18-5-4-16(2)7-10(18)6-14/h10H,4-8,14H2,1-3H3. The number of halogens is 1. The highest BCUT2D eigenvalue weighted by molar-refractivity contribution is 6.30. The van der Waals surface area contributed by atoms with Crippen molar-refractivity contribution in [3.63, 3.8) is 0 Å². The Morgan fingerprint density at radius 1 is 1.39 bits per heavy atom. The molecule has 1 saturated heterocycles. The fourth-order valence-corrected chi connectivity index (χ4v) is 2.77. The van der Waals surface area contributed by atoms with Crippen molar-refractivity contribution >= 4 is 11.6 Å². The molecule has 2 N–H and O–H groups in total. The van der Waals surface area contributed by atoms with Gasteiger partial charge in [0.1, 0.15) is 5.15 Å². The van der Waals surface area contributed by atoms with Gasteiger partial charge in [0.2, 0.25) is 0 Å². The number of nitrogens with zero attached hydrogens (tertiary/aromatic N) is 4. The van der Waals surface area contributed by atoms with E-state index in [1.54, 1.807) is 4.68 Å². The summed E-state index contributed by atoms with van der Waals surface area (Å²) < 4.78 is 1.74. The lowest BCUT2D eigenvalue weighted by molar-refractivity contribution is 0.0879. The topological polar surface area (TPSA) is 50.3 Å². The van der Waals surface area contributed by atoms with Crippen LogP contribution in [0, 0.1) is 6.92 Å². The lowest BCUT2D eigenvalue weighted by Crippen LogP contribution is -2.54. The molecule has 102 valence electrons. The van der Waals surface area contributed by atoms with Crippen LogP contribution in [0.4, 0.5) is 0 Å². The average Bonchev–Trinajstić information content (AvgIpc) is 2.58. The highest BCUT2D eigenvalue weighted by atomic mass is 35.5. The zero-order valence-corrected chi connectivity index (χ0v) is 12.1. The summed E-state index contributed by atoms with van der Waals surface area (Å²) in [6, 6.07) is 0.402. The van der Waals surface area contributed by atoms with E-state index in [4.69, 9.17) is 17.3 Å². The molecule has 1 fully saturated rings. The fourth-order valence-electron chi connectivity index (χ4n) is 2.54. The second-order valence-electron chi connectivity index (χ2n) is 5.10. The summed E-state index contributed by atoms with van der Waals surface area (Å²) in [5, 5.41) is 5.10. The van der Waals surface area contributed by atoms with Gasteiger partial charge < -0.3 is 10.6 Å². The average molecular weight is 272 g/mol. The number of aromatic nitrogens is 2. The summed E-state index contributed by atoms with van der Waals surface area (Å²) in [5.74, 6) is 0. The van der Waals surface area contributed by atoms with Crippen LogP contribution < -0.4 is 5.73 Å². The zero-order valence-electron chi connectivity index (χ0n) is 11.4. The van der Waals surface area contributed by atoms with E-state index in [2.05, 4.69) is 21.9 Å². The number of hydrogen-bond acceptors (Lipinski definition) is 4. The number of hydrogen-bond donors (Lipinski definition) is 1. The molecule has 0 aromatic carbocycles.